The Balaban J connectivity index is 1.27. The smallest absolute Gasteiger partial charge is 0.0767 e. The summed E-state index contributed by atoms with van der Waals surface area (Å²) in [5.74, 6) is -0.109. The summed E-state index contributed by atoms with van der Waals surface area (Å²) in [6.45, 7) is 28.5. The third-order valence-corrected chi connectivity index (χ3v) is 17.5. The van der Waals surface area contributed by atoms with Gasteiger partial charge in [0.2, 0.25) is 0 Å². The topological polar surface area (TPSA) is 19.7 Å². The Hall–Kier alpha value is -7.82. The molecule has 15 rings (SSSR count). The SMILES string of the molecule is CC(C)(C)c1ccc2c(c1)c1cc(C(C)(C)C)cc3c1n2-c1c(-n2c4ccccc4c4ccccc42)cc(-n2c4ccccc4c4ccccc42)c2c1C3c1cc(C(C)(C)C)cc3c4cc(C(C)(C)C)ccc4n-2c13. The van der Waals surface area contributed by atoms with E-state index >= 15 is 0 Å². The van der Waals surface area contributed by atoms with Crippen molar-refractivity contribution in [1.82, 2.24) is 18.3 Å². The van der Waals surface area contributed by atoms with Gasteiger partial charge in [0.15, 0.2) is 0 Å². The molecule has 75 heavy (non-hydrogen) atoms. The summed E-state index contributed by atoms with van der Waals surface area (Å²) in [7, 11) is 0. The number of nitrogens with zero attached hydrogens (tertiary/aromatic N) is 4. The lowest BCUT2D eigenvalue weighted by Crippen LogP contribution is -2.26. The molecule has 0 saturated heterocycles. The van der Waals surface area contributed by atoms with Gasteiger partial charge < -0.3 is 18.3 Å². The van der Waals surface area contributed by atoms with Crippen LogP contribution in [0.2, 0.25) is 0 Å². The van der Waals surface area contributed by atoms with Crippen LogP contribution in [0.25, 0.3) is 110 Å². The Morgan fingerprint density at radius 1 is 0.280 bits per heavy atom. The summed E-state index contributed by atoms with van der Waals surface area (Å²) >= 11 is 0. The lowest BCUT2D eigenvalue weighted by Gasteiger charge is -2.39. The predicted molar refractivity (Wildman–Crippen MR) is 320 cm³/mol. The van der Waals surface area contributed by atoms with Crippen LogP contribution in [0.5, 0.6) is 0 Å². The highest BCUT2D eigenvalue weighted by Crippen LogP contribution is 2.59. The van der Waals surface area contributed by atoms with E-state index in [0.717, 1.165) is 0 Å². The van der Waals surface area contributed by atoms with Crippen molar-refractivity contribution in [3.63, 3.8) is 0 Å². The van der Waals surface area contributed by atoms with E-state index in [1.165, 1.54) is 149 Å². The molecule has 4 aromatic heterocycles. The normalized spacial score (nSPS) is 14.1. The fourth-order valence-corrected chi connectivity index (χ4v) is 13.6. The molecule has 0 amide bonds. The second-order valence-corrected chi connectivity index (χ2v) is 26.3. The minimum absolute atomic E-state index is 0.0361. The zero-order valence-electron chi connectivity index (χ0n) is 45.5. The Morgan fingerprint density at radius 3 is 0.920 bits per heavy atom. The van der Waals surface area contributed by atoms with Crippen LogP contribution in [-0.4, -0.2) is 18.3 Å². The molecule has 6 heterocycles. The number of benzene rings is 9. The second kappa shape index (κ2) is 14.5. The van der Waals surface area contributed by atoms with Crippen LogP contribution in [0.1, 0.15) is 128 Å². The van der Waals surface area contributed by atoms with Gasteiger partial charge in [-0.2, -0.15) is 0 Å². The zero-order valence-corrected chi connectivity index (χ0v) is 45.5. The largest absolute Gasteiger partial charge is 0.307 e. The van der Waals surface area contributed by atoms with Crippen molar-refractivity contribution in [3.05, 3.63) is 203 Å². The Labute approximate surface area is 439 Å². The third-order valence-electron chi connectivity index (χ3n) is 17.5. The van der Waals surface area contributed by atoms with Crippen LogP contribution in [0.4, 0.5) is 0 Å². The Morgan fingerprint density at radius 2 is 0.587 bits per heavy atom. The molecule has 13 aromatic rings. The van der Waals surface area contributed by atoms with Gasteiger partial charge in [0.1, 0.15) is 0 Å². The summed E-state index contributed by atoms with van der Waals surface area (Å²) in [6, 6.07) is 64.0. The molecule has 0 unspecified atom stereocenters. The Kier molecular flexibility index (Phi) is 8.64. The van der Waals surface area contributed by atoms with Crippen molar-refractivity contribution < 1.29 is 0 Å². The number of fused-ring (bicyclic) bond motifs is 16. The summed E-state index contributed by atoms with van der Waals surface area (Å²) in [6.07, 6.45) is 0. The first-order valence-corrected chi connectivity index (χ1v) is 27.2. The fraction of sp³-hybridized carbons (Fsp3) is 0.239. The van der Waals surface area contributed by atoms with Crippen LogP contribution in [0.15, 0.2) is 164 Å². The minimum Gasteiger partial charge on any atom is -0.307 e. The molecule has 0 radical (unpaired) electrons. The highest BCUT2D eigenvalue weighted by molar-refractivity contribution is 6.18. The van der Waals surface area contributed by atoms with Crippen molar-refractivity contribution in [2.75, 3.05) is 0 Å². The predicted octanol–water partition coefficient (Wildman–Crippen LogP) is 19.1. The second-order valence-electron chi connectivity index (χ2n) is 26.3. The van der Waals surface area contributed by atoms with E-state index in [0.29, 0.717) is 0 Å². The summed E-state index contributed by atoms with van der Waals surface area (Å²) in [4.78, 5) is 0. The third kappa shape index (κ3) is 5.94. The maximum Gasteiger partial charge on any atom is 0.0767 e. The van der Waals surface area contributed by atoms with Crippen molar-refractivity contribution in [2.24, 2.45) is 0 Å². The molecule has 0 spiro atoms. The van der Waals surface area contributed by atoms with Gasteiger partial charge in [-0.05, 0) is 122 Å². The molecule has 0 bridgehead atoms. The first kappa shape index (κ1) is 44.6. The quantitative estimate of drug-likeness (QED) is 0.164. The molecule has 2 aliphatic heterocycles. The lowest BCUT2D eigenvalue weighted by atomic mass is 9.73. The molecule has 4 heteroatoms. The van der Waals surface area contributed by atoms with Crippen molar-refractivity contribution in [1.29, 1.82) is 0 Å². The van der Waals surface area contributed by atoms with Crippen molar-refractivity contribution >= 4 is 87.2 Å². The highest BCUT2D eigenvalue weighted by atomic mass is 15.1. The van der Waals surface area contributed by atoms with Crippen LogP contribution < -0.4 is 0 Å². The summed E-state index contributed by atoms with van der Waals surface area (Å²) < 4.78 is 10.7. The molecule has 9 aromatic carbocycles. The average molecular weight is 973 g/mol. The fourth-order valence-electron chi connectivity index (χ4n) is 13.6. The molecular formula is C71H64N4. The molecule has 0 fully saturated rings. The van der Waals surface area contributed by atoms with Crippen LogP contribution in [0.3, 0.4) is 0 Å². The van der Waals surface area contributed by atoms with E-state index < -0.39 is 0 Å². The van der Waals surface area contributed by atoms with E-state index in [1.54, 1.807) is 0 Å². The lowest BCUT2D eigenvalue weighted by molar-refractivity contribution is 0.588. The van der Waals surface area contributed by atoms with E-state index in [2.05, 4.69) is 265 Å². The van der Waals surface area contributed by atoms with Crippen LogP contribution in [-0.2, 0) is 21.7 Å². The van der Waals surface area contributed by atoms with Crippen LogP contribution >= 0.6 is 0 Å². The number of hydrogen-bond acceptors (Lipinski definition) is 0. The molecule has 0 atom stereocenters. The summed E-state index contributed by atoms with van der Waals surface area (Å²) in [5.41, 5.74) is 24.0. The van der Waals surface area contributed by atoms with E-state index in [-0.39, 0.29) is 27.6 Å². The van der Waals surface area contributed by atoms with Crippen molar-refractivity contribution in [3.8, 4) is 22.7 Å². The monoisotopic (exact) mass is 973 g/mol. The molecule has 4 nitrogen and oxygen atoms in total. The van der Waals surface area contributed by atoms with Gasteiger partial charge in [-0.3, -0.25) is 0 Å². The van der Waals surface area contributed by atoms with Gasteiger partial charge in [0, 0.05) is 54.6 Å². The first-order valence-electron chi connectivity index (χ1n) is 27.2. The van der Waals surface area contributed by atoms with Crippen LogP contribution in [0, 0.1) is 0 Å². The molecule has 368 valence electrons. The number of rotatable bonds is 2. The molecular weight excluding hydrogens is 909 g/mol. The minimum atomic E-state index is -0.113. The highest BCUT2D eigenvalue weighted by Gasteiger charge is 2.43. The number of hydrogen-bond donors (Lipinski definition) is 0. The zero-order chi connectivity index (χ0) is 51.6. The van der Waals surface area contributed by atoms with E-state index in [1.807, 2.05) is 0 Å². The Bertz CT molecular complexity index is 4280. The van der Waals surface area contributed by atoms with Gasteiger partial charge in [0.05, 0.1) is 66.9 Å². The first-order chi connectivity index (χ1) is 35.8. The van der Waals surface area contributed by atoms with Gasteiger partial charge in [-0.15, -0.1) is 0 Å². The molecule has 0 N–H and O–H groups in total. The van der Waals surface area contributed by atoms with Gasteiger partial charge in [-0.1, -0.05) is 180 Å². The maximum atomic E-state index is 2.72. The average Bonchev–Trinajstić information content (AvgIpc) is 4.32. The standard InChI is InChI=1S/C71H64N4/c1-68(2,3)40-29-31-58-48(33-40)50-35-42(70(7,8)9)37-52-62-53-38-43(71(10,11)12)36-51-49-34-41(69(4,5)6)30-32-59(49)75(65(51)53)67-61(73-56-27-19-15-23-46(56)47-24-16-20-28-57(47)73)39-60(66(63(62)67)74(58)64(50)52)72-54-25-17-13-21-44(54)45-22-14-18-26-55(45)72/h13-39,62H,1-12H3. The van der Waals surface area contributed by atoms with Crippen molar-refractivity contribution in [2.45, 2.75) is 111 Å². The van der Waals surface area contributed by atoms with E-state index in [4.69, 9.17) is 0 Å². The number of para-hydroxylation sites is 4. The molecule has 0 saturated carbocycles. The van der Waals surface area contributed by atoms with Gasteiger partial charge >= 0.3 is 0 Å². The maximum absolute atomic E-state index is 2.72. The molecule has 2 aliphatic rings. The van der Waals surface area contributed by atoms with Gasteiger partial charge in [-0.25, -0.2) is 0 Å². The van der Waals surface area contributed by atoms with Gasteiger partial charge in [0.25, 0.3) is 0 Å². The summed E-state index contributed by atoms with van der Waals surface area (Å²) in [5, 5.41) is 10.3. The number of aromatic nitrogens is 4. The van der Waals surface area contributed by atoms with E-state index in [9.17, 15) is 0 Å². The molecule has 0 aliphatic carbocycles.